The average molecular weight is 576 g/mol. The third kappa shape index (κ3) is 8.40. The van der Waals surface area contributed by atoms with E-state index in [1.807, 2.05) is 11.8 Å². The third-order valence-corrected chi connectivity index (χ3v) is 5.90. The lowest BCUT2D eigenvalue weighted by Gasteiger charge is -2.26. The van der Waals surface area contributed by atoms with Crippen LogP contribution in [0, 0.1) is 17.8 Å². The molecule has 0 spiro atoms. The summed E-state index contributed by atoms with van der Waals surface area (Å²) < 4.78 is 37.9. The fraction of sp³-hybridized carbons (Fsp3) is 0.583. The third-order valence-electron chi connectivity index (χ3n) is 5.90. The molecule has 5 nitrogen and oxygen atoms in total. The Labute approximate surface area is 211 Å². The lowest BCUT2D eigenvalue weighted by molar-refractivity contribution is -0.137. The van der Waals surface area contributed by atoms with Crippen LogP contribution in [0.4, 0.5) is 13.2 Å². The molecule has 1 aromatic carbocycles. The minimum absolute atomic E-state index is 0. The van der Waals surface area contributed by atoms with Crippen molar-refractivity contribution < 1.29 is 18.0 Å². The second-order valence-electron chi connectivity index (χ2n) is 8.32. The molecule has 1 saturated carbocycles. The zero-order chi connectivity index (χ0) is 23.0. The summed E-state index contributed by atoms with van der Waals surface area (Å²) in [6, 6.07) is 4.92. The molecule has 0 aromatic heterocycles. The van der Waals surface area contributed by atoms with E-state index in [0.29, 0.717) is 30.5 Å². The quantitative estimate of drug-likeness (QED) is 0.242. The zero-order valence-electron chi connectivity index (χ0n) is 18.9. The predicted octanol–water partition coefficient (Wildman–Crippen LogP) is 4.41. The molecule has 1 amide bonds. The highest BCUT2D eigenvalue weighted by Gasteiger charge is 2.32. The van der Waals surface area contributed by atoms with Crippen molar-refractivity contribution in [1.82, 2.24) is 15.5 Å². The smallest absolute Gasteiger partial charge is 0.357 e. The topological polar surface area (TPSA) is 56.7 Å². The molecule has 1 unspecified atom stereocenters. The Hall–Kier alpha value is -1.96. The van der Waals surface area contributed by atoms with Gasteiger partial charge >= 0.3 is 6.18 Å². The highest BCUT2D eigenvalue weighted by atomic mass is 127. The van der Waals surface area contributed by atoms with Crippen molar-refractivity contribution in [3.8, 4) is 11.8 Å². The molecule has 2 fully saturated rings. The molecule has 3 rings (SSSR count). The van der Waals surface area contributed by atoms with Gasteiger partial charge in [-0.05, 0) is 50.5 Å². The van der Waals surface area contributed by atoms with E-state index in [4.69, 9.17) is 0 Å². The summed E-state index contributed by atoms with van der Waals surface area (Å²) >= 11 is 0. The van der Waals surface area contributed by atoms with E-state index < -0.39 is 11.7 Å². The number of hydrogen-bond acceptors (Lipinski definition) is 2. The number of alkyl halides is 3. The van der Waals surface area contributed by atoms with Crippen molar-refractivity contribution in [1.29, 1.82) is 0 Å². The molecule has 1 aromatic rings. The molecule has 1 atom stereocenters. The van der Waals surface area contributed by atoms with E-state index in [-0.39, 0.29) is 42.5 Å². The van der Waals surface area contributed by atoms with Gasteiger partial charge in [0.1, 0.15) is 6.54 Å². The van der Waals surface area contributed by atoms with Gasteiger partial charge in [-0.1, -0.05) is 31.1 Å². The second-order valence-corrected chi connectivity index (χ2v) is 8.32. The molecule has 1 aliphatic heterocycles. The normalized spacial score (nSPS) is 19.3. The van der Waals surface area contributed by atoms with Crippen LogP contribution >= 0.6 is 24.0 Å². The van der Waals surface area contributed by atoms with Gasteiger partial charge in [0.15, 0.2) is 5.96 Å². The SMILES string of the molecule is CCNC(=NCC#Cc1ccc(C(F)(F)F)cc1)NC1CCN(C(=O)C2CCCCC2)C1.I. The van der Waals surface area contributed by atoms with E-state index in [1.165, 1.54) is 18.6 Å². The van der Waals surface area contributed by atoms with Gasteiger partial charge in [-0.2, -0.15) is 13.2 Å². The van der Waals surface area contributed by atoms with Crippen LogP contribution in [0.5, 0.6) is 0 Å². The van der Waals surface area contributed by atoms with Crippen molar-refractivity contribution in [2.24, 2.45) is 10.9 Å². The van der Waals surface area contributed by atoms with Gasteiger partial charge in [-0.3, -0.25) is 4.79 Å². The summed E-state index contributed by atoms with van der Waals surface area (Å²) in [4.78, 5) is 19.2. The van der Waals surface area contributed by atoms with Crippen molar-refractivity contribution >= 4 is 35.8 Å². The number of benzene rings is 1. The largest absolute Gasteiger partial charge is 0.416 e. The number of carbonyl (C=O) groups is 1. The predicted molar refractivity (Wildman–Crippen MR) is 134 cm³/mol. The Morgan fingerprint density at radius 3 is 2.48 bits per heavy atom. The Balaban J connectivity index is 0.00000385. The number of carbonyl (C=O) groups excluding carboxylic acids is 1. The first kappa shape index (κ1) is 27.3. The average Bonchev–Trinajstić information content (AvgIpc) is 3.25. The van der Waals surface area contributed by atoms with Gasteiger partial charge in [-0.25, -0.2) is 4.99 Å². The Morgan fingerprint density at radius 1 is 1.15 bits per heavy atom. The standard InChI is InChI=1S/C24H31F3N4O.HI/c1-2-28-23(29-15-6-7-18-10-12-20(13-11-18)24(25,26)27)30-21-14-16-31(17-21)22(32)19-8-4-3-5-9-19;/h10-13,19,21H,2-5,8-9,14-17H2,1H3,(H2,28,29,30);1H. The van der Waals surface area contributed by atoms with Crippen LogP contribution in [-0.2, 0) is 11.0 Å². The molecule has 33 heavy (non-hydrogen) atoms. The van der Waals surface area contributed by atoms with Crippen LogP contribution in [0.15, 0.2) is 29.3 Å². The molecule has 9 heteroatoms. The van der Waals surface area contributed by atoms with Crippen LogP contribution < -0.4 is 10.6 Å². The highest BCUT2D eigenvalue weighted by molar-refractivity contribution is 14.0. The van der Waals surface area contributed by atoms with E-state index in [9.17, 15) is 18.0 Å². The number of halogens is 4. The minimum Gasteiger partial charge on any atom is -0.357 e. The molecule has 0 bridgehead atoms. The number of rotatable bonds is 4. The Bertz CT molecular complexity index is 855. The maximum atomic E-state index is 12.8. The minimum atomic E-state index is -4.35. The molecular weight excluding hydrogens is 544 g/mol. The summed E-state index contributed by atoms with van der Waals surface area (Å²) in [5.41, 5.74) is -0.175. The van der Waals surface area contributed by atoms with E-state index >= 15 is 0 Å². The Morgan fingerprint density at radius 2 is 1.85 bits per heavy atom. The fourth-order valence-electron chi connectivity index (χ4n) is 4.20. The van der Waals surface area contributed by atoms with Crippen LogP contribution in [0.3, 0.4) is 0 Å². The van der Waals surface area contributed by atoms with Gasteiger partial charge in [0.2, 0.25) is 5.91 Å². The summed E-state index contributed by atoms with van der Waals surface area (Å²) in [6.07, 6.45) is 2.08. The van der Waals surface area contributed by atoms with Crippen molar-refractivity contribution in [3.63, 3.8) is 0 Å². The summed E-state index contributed by atoms with van der Waals surface area (Å²) in [5.74, 6) is 6.83. The number of likely N-dealkylation sites (tertiary alicyclic amines) is 1. The lowest BCUT2D eigenvalue weighted by atomic mass is 9.88. The molecule has 2 aliphatic rings. The maximum Gasteiger partial charge on any atom is 0.416 e. The number of hydrogen-bond donors (Lipinski definition) is 2. The first-order chi connectivity index (χ1) is 15.4. The fourth-order valence-corrected chi connectivity index (χ4v) is 4.20. The second kappa shape index (κ2) is 13.1. The molecule has 2 N–H and O–H groups in total. The van der Waals surface area contributed by atoms with Crippen LogP contribution in [0.25, 0.3) is 0 Å². The summed E-state index contributed by atoms with van der Waals surface area (Å²) in [6.45, 7) is 4.32. The van der Waals surface area contributed by atoms with Gasteiger partial charge in [0.05, 0.1) is 5.56 Å². The van der Waals surface area contributed by atoms with Gasteiger partial charge in [-0.15, -0.1) is 24.0 Å². The first-order valence-electron chi connectivity index (χ1n) is 11.4. The van der Waals surface area contributed by atoms with Crippen LogP contribution in [0.2, 0.25) is 0 Å². The number of nitrogens with one attached hydrogen (secondary N) is 2. The van der Waals surface area contributed by atoms with Gasteiger partial charge in [0.25, 0.3) is 0 Å². The van der Waals surface area contributed by atoms with E-state index in [0.717, 1.165) is 50.8 Å². The van der Waals surface area contributed by atoms with Crippen molar-refractivity contribution in [2.75, 3.05) is 26.2 Å². The molecule has 1 saturated heterocycles. The summed E-state index contributed by atoms with van der Waals surface area (Å²) in [5, 5.41) is 6.56. The zero-order valence-corrected chi connectivity index (χ0v) is 21.2. The van der Waals surface area contributed by atoms with Crippen LogP contribution in [0.1, 0.15) is 56.6 Å². The highest BCUT2D eigenvalue weighted by Crippen LogP contribution is 2.29. The van der Waals surface area contributed by atoms with E-state index in [1.54, 1.807) is 0 Å². The monoisotopic (exact) mass is 576 g/mol. The Kier molecular flexibility index (Phi) is 10.8. The lowest BCUT2D eigenvalue weighted by Crippen LogP contribution is -2.45. The maximum absolute atomic E-state index is 12.8. The first-order valence-corrected chi connectivity index (χ1v) is 11.4. The number of guanidine groups is 1. The van der Waals surface area contributed by atoms with E-state index in [2.05, 4.69) is 27.5 Å². The van der Waals surface area contributed by atoms with Gasteiger partial charge < -0.3 is 15.5 Å². The molecular formula is C24H32F3IN4O. The molecule has 1 heterocycles. The van der Waals surface area contributed by atoms with Gasteiger partial charge in [0, 0.05) is 37.2 Å². The molecule has 182 valence electrons. The number of amides is 1. The van der Waals surface area contributed by atoms with Crippen molar-refractivity contribution in [3.05, 3.63) is 35.4 Å². The van der Waals surface area contributed by atoms with Crippen LogP contribution in [-0.4, -0.2) is 49.0 Å². The summed E-state index contributed by atoms with van der Waals surface area (Å²) in [7, 11) is 0. The molecule has 0 radical (unpaired) electrons. The molecule has 1 aliphatic carbocycles. The number of aliphatic imine (C=N–C) groups is 1. The van der Waals surface area contributed by atoms with Crippen molar-refractivity contribution in [2.45, 2.75) is 57.7 Å². The number of nitrogens with zero attached hydrogens (tertiary/aromatic N) is 2.